The molecule has 0 aliphatic heterocycles. The summed E-state index contributed by atoms with van der Waals surface area (Å²) in [4.78, 5) is 12.1. The summed E-state index contributed by atoms with van der Waals surface area (Å²) in [6.07, 6.45) is 5.23. The van der Waals surface area contributed by atoms with E-state index in [0.29, 0.717) is 0 Å². The van der Waals surface area contributed by atoms with Crippen LogP contribution in [-0.2, 0) is 0 Å². The Balaban J connectivity index is 1.62. The molecule has 0 unspecified atom stereocenters. The first-order valence-corrected chi connectivity index (χ1v) is 7.75. The molecule has 4 nitrogen and oxygen atoms in total. The molecule has 0 aliphatic rings. The van der Waals surface area contributed by atoms with Crippen molar-refractivity contribution in [2.75, 3.05) is 0 Å². The number of furan rings is 1. The highest BCUT2D eigenvalue weighted by atomic mass is 16.3. The zero-order valence-electron chi connectivity index (χ0n) is 12.7. The average Bonchev–Trinajstić information content (AvgIpc) is 3.27. The highest BCUT2D eigenvalue weighted by molar-refractivity contribution is 5.90. The number of nitrogens with zero attached hydrogens (tertiary/aromatic N) is 2. The van der Waals surface area contributed by atoms with Gasteiger partial charge in [-0.05, 0) is 42.5 Å². The number of fused-ring (bicyclic) bond motifs is 2. The molecule has 5 aromatic rings. The molecule has 2 aromatic carbocycles. The fraction of sp³-hybridized carbons (Fsp3) is 0. The summed E-state index contributed by atoms with van der Waals surface area (Å²) in [6.45, 7) is 0. The second kappa shape index (κ2) is 5.06. The van der Waals surface area contributed by atoms with E-state index in [9.17, 15) is 0 Å². The lowest BCUT2D eigenvalue weighted by Crippen LogP contribution is -1.85. The van der Waals surface area contributed by atoms with Crippen LogP contribution in [0.3, 0.4) is 0 Å². The predicted octanol–water partition coefficient (Wildman–Crippen LogP) is 5.04. The van der Waals surface area contributed by atoms with Crippen molar-refractivity contribution in [1.82, 2.24) is 15.0 Å². The third kappa shape index (κ3) is 2.08. The van der Waals surface area contributed by atoms with Gasteiger partial charge in [0.05, 0.1) is 6.26 Å². The number of hydrogen-bond donors (Lipinski definition) is 1. The average molecular weight is 311 g/mol. The van der Waals surface area contributed by atoms with Crippen molar-refractivity contribution in [1.29, 1.82) is 0 Å². The third-order valence-electron chi connectivity index (χ3n) is 4.21. The quantitative estimate of drug-likeness (QED) is 0.497. The maximum atomic E-state index is 5.50. The topological polar surface area (TPSA) is 54.7 Å². The van der Waals surface area contributed by atoms with Crippen LogP contribution in [0.15, 0.2) is 77.7 Å². The Kier molecular flexibility index (Phi) is 2.76. The van der Waals surface area contributed by atoms with Crippen LogP contribution >= 0.6 is 0 Å². The number of hydrogen-bond acceptors (Lipinski definition) is 3. The molecule has 0 atom stereocenters. The Morgan fingerprint density at radius 3 is 2.58 bits per heavy atom. The molecule has 0 aliphatic carbocycles. The van der Waals surface area contributed by atoms with Crippen LogP contribution in [0.1, 0.15) is 0 Å². The lowest BCUT2D eigenvalue weighted by atomic mass is 10.1. The second-order valence-electron chi connectivity index (χ2n) is 5.73. The summed E-state index contributed by atoms with van der Waals surface area (Å²) >= 11 is 0. The molecular formula is C20H13N3O. The molecule has 0 saturated carbocycles. The molecule has 0 bridgehead atoms. The molecule has 114 valence electrons. The molecule has 1 N–H and O–H groups in total. The number of benzene rings is 2. The molecule has 0 fully saturated rings. The van der Waals surface area contributed by atoms with Gasteiger partial charge in [-0.15, -0.1) is 0 Å². The first-order chi connectivity index (χ1) is 11.9. The van der Waals surface area contributed by atoms with Gasteiger partial charge in [-0.2, -0.15) is 0 Å². The van der Waals surface area contributed by atoms with Crippen LogP contribution in [0.4, 0.5) is 0 Å². The SMILES string of the molecule is c1cnc(-c2ccc3[nH]c(-c4ccc5ccoc5c4)cc3c2)nc1. The molecule has 3 heterocycles. The van der Waals surface area contributed by atoms with Crippen molar-refractivity contribution < 1.29 is 4.42 Å². The van der Waals surface area contributed by atoms with E-state index in [1.807, 2.05) is 18.2 Å². The molecule has 5 rings (SSSR count). The van der Waals surface area contributed by atoms with Crippen LogP contribution < -0.4 is 0 Å². The first-order valence-electron chi connectivity index (χ1n) is 7.75. The van der Waals surface area contributed by atoms with E-state index >= 15 is 0 Å². The molecule has 24 heavy (non-hydrogen) atoms. The van der Waals surface area contributed by atoms with Crippen molar-refractivity contribution in [2.24, 2.45) is 0 Å². The van der Waals surface area contributed by atoms with Crippen LogP contribution in [0, 0.1) is 0 Å². The van der Waals surface area contributed by atoms with Gasteiger partial charge in [0.25, 0.3) is 0 Å². The molecule has 0 spiro atoms. The maximum absolute atomic E-state index is 5.50. The van der Waals surface area contributed by atoms with E-state index in [4.69, 9.17) is 4.42 Å². The fourth-order valence-corrected chi connectivity index (χ4v) is 3.00. The molecule has 0 amide bonds. The highest BCUT2D eigenvalue weighted by Crippen LogP contribution is 2.29. The fourth-order valence-electron chi connectivity index (χ4n) is 3.00. The van der Waals surface area contributed by atoms with E-state index in [1.54, 1.807) is 18.7 Å². The normalized spacial score (nSPS) is 11.3. The number of aromatic amines is 1. The first kappa shape index (κ1) is 13.1. The van der Waals surface area contributed by atoms with Gasteiger partial charge in [-0.1, -0.05) is 12.1 Å². The van der Waals surface area contributed by atoms with Gasteiger partial charge in [-0.3, -0.25) is 0 Å². The van der Waals surface area contributed by atoms with Gasteiger partial charge >= 0.3 is 0 Å². The van der Waals surface area contributed by atoms with Gasteiger partial charge < -0.3 is 9.40 Å². The van der Waals surface area contributed by atoms with Gasteiger partial charge in [0.15, 0.2) is 5.82 Å². The Morgan fingerprint density at radius 2 is 1.67 bits per heavy atom. The van der Waals surface area contributed by atoms with Gasteiger partial charge in [-0.25, -0.2) is 9.97 Å². The number of aromatic nitrogens is 3. The summed E-state index contributed by atoms with van der Waals surface area (Å²) in [6, 6.07) is 18.4. The van der Waals surface area contributed by atoms with Crippen LogP contribution in [-0.4, -0.2) is 15.0 Å². The van der Waals surface area contributed by atoms with E-state index < -0.39 is 0 Å². The zero-order chi connectivity index (χ0) is 15.9. The highest BCUT2D eigenvalue weighted by Gasteiger charge is 2.08. The predicted molar refractivity (Wildman–Crippen MR) is 94.5 cm³/mol. The second-order valence-corrected chi connectivity index (χ2v) is 5.73. The van der Waals surface area contributed by atoms with Gasteiger partial charge in [0.1, 0.15) is 5.58 Å². The lowest BCUT2D eigenvalue weighted by molar-refractivity contribution is 0.616. The van der Waals surface area contributed by atoms with Crippen molar-refractivity contribution in [3.63, 3.8) is 0 Å². The summed E-state index contributed by atoms with van der Waals surface area (Å²) in [5.74, 6) is 0.735. The van der Waals surface area contributed by atoms with E-state index in [0.717, 1.165) is 44.5 Å². The largest absolute Gasteiger partial charge is 0.464 e. The lowest BCUT2D eigenvalue weighted by Gasteiger charge is -1.98. The van der Waals surface area contributed by atoms with Crippen molar-refractivity contribution in [2.45, 2.75) is 0 Å². The van der Waals surface area contributed by atoms with Gasteiger partial charge in [0.2, 0.25) is 0 Å². The third-order valence-corrected chi connectivity index (χ3v) is 4.21. The Morgan fingerprint density at radius 1 is 0.792 bits per heavy atom. The molecule has 0 saturated heterocycles. The van der Waals surface area contributed by atoms with Crippen molar-refractivity contribution >= 4 is 21.9 Å². The number of H-pyrrole nitrogens is 1. The number of rotatable bonds is 2. The van der Waals surface area contributed by atoms with Crippen LogP contribution in [0.2, 0.25) is 0 Å². The van der Waals surface area contributed by atoms with Crippen LogP contribution in [0.25, 0.3) is 44.5 Å². The van der Waals surface area contributed by atoms with Crippen molar-refractivity contribution in [3.05, 3.63) is 73.3 Å². The minimum atomic E-state index is 0.735. The summed E-state index contributed by atoms with van der Waals surface area (Å²) in [5.41, 5.74) is 5.16. The zero-order valence-corrected chi connectivity index (χ0v) is 12.7. The van der Waals surface area contributed by atoms with E-state index in [-0.39, 0.29) is 0 Å². The summed E-state index contributed by atoms with van der Waals surface area (Å²) in [5, 5.41) is 2.24. The number of nitrogens with one attached hydrogen (secondary N) is 1. The Bertz CT molecular complexity index is 1160. The Hall–Kier alpha value is -3.40. The minimum absolute atomic E-state index is 0.735. The molecule has 4 heteroatoms. The smallest absolute Gasteiger partial charge is 0.159 e. The summed E-state index contributed by atoms with van der Waals surface area (Å²) in [7, 11) is 0. The Labute approximate surface area is 137 Å². The van der Waals surface area contributed by atoms with E-state index in [1.165, 1.54) is 0 Å². The molecule has 0 radical (unpaired) electrons. The van der Waals surface area contributed by atoms with Crippen molar-refractivity contribution in [3.8, 4) is 22.6 Å². The maximum Gasteiger partial charge on any atom is 0.159 e. The monoisotopic (exact) mass is 311 g/mol. The van der Waals surface area contributed by atoms with Gasteiger partial charge in [0, 0.05) is 45.5 Å². The summed E-state index contributed by atoms with van der Waals surface area (Å²) < 4.78 is 5.50. The van der Waals surface area contributed by atoms with Crippen LogP contribution in [0.5, 0.6) is 0 Å². The minimum Gasteiger partial charge on any atom is -0.464 e. The van der Waals surface area contributed by atoms with E-state index in [2.05, 4.69) is 51.4 Å². The molecule has 3 aromatic heterocycles. The molecular weight excluding hydrogens is 298 g/mol. The standard InChI is InChI=1S/C20H13N3O/c1-7-21-20(22-8-1)15-4-5-17-16(10-15)11-18(23-17)14-3-2-13-6-9-24-19(13)12-14/h1-12,23H.